The maximum Gasteiger partial charge on any atom is 0.331 e. The lowest BCUT2D eigenvalue weighted by molar-refractivity contribution is -0.154. The predicted molar refractivity (Wildman–Crippen MR) is 96.1 cm³/mol. The van der Waals surface area contributed by atoms with E-state index in [1.54, 1.807) is 43.4 Å². The molecule has 2 atom stereocenters. The second-order valence-corrected chi connectivity index (χ2v) is 6.10. The van der Waals surface area contributed by atoms with Crippen molar-refractivity contribution in [1.82, 2.24) is 4.90 Å². The lowest BCUT2D eigenvalue weighted by Crippen LogP contribution is -2.49. The van der Waals surface area contributed by atoms with Crippen LogP contribution < -0.4 is 9.47 Å². The van der Waals surface area contributed by atoms with Gasteiger partial charge in [-0.3, -0.25) is 4.79 Å². The van der Waals surface area contributed by atoms with Crippen molar-refractivity contribution in [2.45, 2.75) is 26.1 Å². The van der Waals surface area contributed by atoms with Gasteiger partial charge in [-0.05, 0) is 38.1 Å². The van der Waals surface area contributed by atoms with E-state index < -0.39 is 5.97 Å². The average Bonchev–Trinajstić information content (AvgIpc) is 2.63. The van der Waals surface area contributed by atoms with Gasteiger partial charge in [0, 0.05) is 24.7 Å². The molecule has 1 aliphatic heterocycles. The molecule has 26 heavy (non-hydrogen) atoms. The largest absolute Gasteiger partial charge is 0.497 e. The van der Waals surface area contributed by atoms with E-state index in [-0.39, 0.29) is 24.7 Å². The second-order valence-electron chi connectivity index (χ2n) is 6.10. The highest BCUT2D eigenvalue weighted by Gasteiger charge is 2.26. The molecular formula is C19H25NO6. The second kappa shape index (κ2) is 9.24. The van der Waals surface area contributed by atoms with E-state index >= 15 is 0 Å². The number of nitrogens with zero attached hydrogens (tertiary/aromatic N) is 1. The van der Waals surface area contributed by atoms with Crippen LogP contribution in [-0.2, 0) is 19.1 Å². The molecule has 1 aromatic carbocycles. The van der Waals surface area contributed by atoms with Gasteiger partial charge in [0.1, 0.15) is 11.5 Å². The molecule has 0 aromatic heterocycles. The molecule has 0 N–H and O–H groups in total. The highest BCUT2D eigenvalue weighted by molar-refractivity contribution is 5.89. The van der Waals surface area contributed by atoms with Gasteiger partial charge < -0.3 is 23.8 Å². The number of morpholine rings is 1. The Labute approximate surface area is 153 Å². The summed E-state index contributed by atoms with van der Waals surface area (Å²) in [4.78, 5) is 25.7. The van der Waals surface area contributed by atoms with Crippen LogP contribution in [0.2, 0.25) is 0 Å². The number of carbonyl (C=O) groups excluding carboxylic acids is 2. The summed E-state index contributed by atoms with van der Waals surface area (Å²) in [6, 6.07) is 5.25. The first-order valence-corrected chi connectivity index (χ1v) is 8.43. The number of ether oxygens (including phenoxy) is 4. The summed E-state index contributed by atoms with van der Waals surface area (Å²) in [5.41, 5.74) is 0.672. The summed E-state index contributed by atoms with van der Waals surface area (Å²) in [6.45, 7) is 4.52. The summed E-state index contributed by atoms with van der Waals surface area (Å²) in [5.74, 6) is 0.414. The number of hydrogen-bond donors (Lipinski definition) is 0. The van der Waals surface area contributed by atoms with Crippen LogP contribution in [0.3, 0.4) is 0 Å². The molecule has 1 amide bonds. The van der Waals surface area contributed by atoms with Crippen molar-refractivity contribution in [1.29, 1.82) is 0 Å². The summed E-state index contributed by atoms with van der Waals surface area (Å²) in [7, 11) is 3.10. The summed E-state index contributed by atoms with van der Waals surface area (Å²) >= 11 is 0. The lowest BCUT2D eigenvalue weighted by atomic mass is 10.1. The number of benzene rings is 1. The number of rotatable bonds is 6. The van der Waals surface area contributed by atoms with Crippen LogP contribution >= 0.6 is 0 Å². The van der Waals surface area contributed by atoms with E-state index in [1.165, 1.54) is 6.08 Å². The zero-order valence-electron chi connectivity index (χ0n) is 15.6. The van der Waals surface area contributed by atoms with Gasteiger partial charge in [0.2, 0.25) is 0 Å². The summed E-state index contributed by atoms with van der Waals surface area (Å²) in [6.07, 6.45) is 2.76. The molecule has 1 aromatic rings. The van der Waals surface area contributed by atoms with E-state index in [9.17, 15) is 9.59 Å². The maximum atomic E-state index is 12.2. The summed E-state index contributed by atoms with van der Waals surface area (Å²) in [5, 5.41) is 0. The topological polar surface area (TPSA) is 74.3 Å². The molecule has 1 fully saturated rings. The number of methoxy groups -OCH3 is 2. The first kappa shape index (κ1) is 19.8. The molecule has 0 aliphatic carbocycles. The predicted octanol–water partition coefficient (Wildman–Crippen LogP) is 1.90. The Kier molecular flexibility index (Phi) is 7.03. The van der Waals surface area contributed by atoms with Crippen molar-refractivity contribution >= 4 is 18.0 Å². The molecule has 1 aliphatic rings. The van der Waals surface area contributed by atoms with Crippen molar-refractivity contribution in [2.24, 2.45) is 0 Å². The molecular weight excluding hydrogens is 338 g/mol. The number of carbonyl (C=O) groups is 2. The van der Waals surface area contributed by atoms with E-state index in [4.69, 9.17) is 18.9 Å². The van der Waals surface area contributed by atoms with Gasteiger partial charge in [-0.2, -0.15) is 0 Å². The zero-order valence-corrected chi connectivity index (χ0v) is 15.6. The van der Waals surface area contributed by atoms with Crippen LogP contribution in [0.4, 0.5) is 0 Å². The van der Waals surface area contributed by atoms with Gasteiger partial charge in [-0.15, -0.1) is 0 Å². The van der Waals surface area contributed by atoms with Gasteiger partial charge in [0.25, 0.3) is 5.91 Å². The van der Waals surface area contributed by atoms with Gasteiger partial charge in [-0.1, -0.05) is 0 Å². The van der Waals surface area contributed by atoms with Gasteiger partial charge in [0.15, 0.2) is 6.61 Å². The van der Waals surface area contributed by atoms with Crippen molar-refractivity contribution < 1.29 is 28.5 Å². The third-order valence-corrected chi connectivity index (χ3v) is 3.95. The Morgan fingerprint density at radius 2 is 1.88 bits per heavy atom. The maximum absolute atomic E-state index is 12.2. The van der Waals surface area contributed by atoms with Crippen LogP contribution in [0.5, 0.6) is 11.5 Å². The fraction of sp³-hybridized carbons (Fsp3) is 0.474. The molecule has 142 valence electrons. The molecule has 0 saturated carbocycles. The smallest absolute Gasteiger partial charge is 0.331 e. The van der Waals surface area contributed by atoms with Crippen LogP contribution in [0.15, 0.2) is 24.3 Å². The minimum absolute atomic E-state index is 0.0289. The van der Waals surface area contributed by atoms with Gasteiger partial charge in [-0.25, -0.2) is 4.79 Å². The minimum Gasteiger partial charge on any atom is -0.497 e. The highest BCUT2D eigenvalue weighted by Crippen LogP contribution is 2.25. The third-order valence-electron chi connectivity index (χ3n) is 3.95. The monoisotopic (exact) mass is 363 g/mol. The number of hydrogen-bond acceptors (Lipinski definition) is 6. The van der Waals surface area contributed by atoms with E-state index in [0.29, 0.717) is 30.2 Å². The third kappa shape index (κ3) is 5.49. The fourth-order valence-corrected chi connectivity index (χ4v) is 2.78. The molecule has 0 bridgehead atoms. The highest BCUT2D eigenvalue weighted by atomic mass is 16.5. The average molecular weight is 363 g/mol. The Morgan fingerprint density at radius 3 is 2.50 bits per heavy atom. The Bertz CT molecular complexity index is 662. The number of amides is 1. The zero-order chi connectivity index (χ0) is 19.1. The first-order chi connectivity index (χ1) is 12.4. The van der Waals surface area contributed by atoms with Crippen molar-refractivity contribution in [2.75, 3.05) is 33.9 Å². The first-order valence-electron chi connectivity index (χ1n) is 8.43. The lowest BCUT2D eigenvalue weighted by Gasteiger charge is -2.35. The summed E-state index contributed by atoms with van der Waals surface area (Å²) < 4.78 is 21.0. The molecule has 0 radical (unpaired) electrons. The Hall–Kier alpha value is -2.54. The molecule has 7 heteroatoms. The molecule has 2 rings (SSSR count). The van der Waals surface area contributed by atoms with E-state index in [0.717, 1.165) is 0 Å². The van der Waals surface area contributed by atoms with Crippen LogP contribution in [0, 0.1) is 0 Å². The Morgan fingerprint density at radius 1 is 1.19 bits per heavy atom. The Balaban J connectivity index is 1.90. The van der Waals surface area contributed by atoms with Crippen molar-refractivity contribution in [3.8, 4) is 11.5 Å². The van der Waals surface area contributed by atoms with Gasteiger partial charge in [0.05, 0.1) is 26.4 Å². The quantitative estimate of drug-likeness (QED) is 0.568. The minimum atomic E-state index is -0.599. The standard InChI is InChI=1S/C19H25NO6/c1-13-10-20(11-14(2)26-13)18(21)12-25-19(22)8-5-15-9-16(23-3)6-7-17(15)24-4/h5-9,13-14H,10-12H2,1-4H3/b8-5+/t13-,14+. The molecule has 1 heterocycles. The van der Waals surface area contributed by atoms with Crippen molar-refractivity contribution in [3.63, 3.8) is 0 Å². The van der Waals surface area contributed by atoms with Gasteiger partial charge >= 0.3 is 5.97 Å². The normalized spacial score (nSPS) is 20.1. The van der Waals surface area contributed by atoms with E-state index in [2.05, 4.69) is 0 Å². The fourth-order valence-electron chi connectivity index (χ4n) is 2.78. The van der Waals surface area contributed by atoms with Crippen LogP contribution in [0.25, 0.3) is 6.08 Å². The van der Waals surface area contributed by atoms with Crippen molar-refractivity contribution in [3.05, 3.63) is 29.8 Å². The molecule has 1 saturated heterocycles. The molecule has 0 unspecified atom stereocenters. The number of esters is 1. The molecule has 7 nitrogen and oxygen atoms in total. The van der Waals surface area contributed by atoms with Crippen LogP contribution in [-0.4, -0.2) is 62.9 Å². The molecule has 0 spiro atoms. The van der Waals surface area contributed by atoms with E-state index in [1.807, 2.05) is 13.8 Å². The van der Waals surface area contributed by atoms with Crippen LogP contribution in [0.1, 0.15) is 19.4 Å². The SMILES string of the molecule is COc1ccc(OC)c(/C=C/C(=O)OCC(=O)N2C[C@@H](C)O[C@@H](C)C2)c1.